The number of methoxy groups -OCH3 is 1. The predicted octanol–water partition coefficient (Wildman–Crippen LogP) is 5.39. The van der Waals surface area contributed by atoms with Gasteiger partial charge in [-0.25, -0.2) is 4.98 Å². The van der Waals surface area contributed by atoms with Crippen LogP contribution in [0.5, 0.6) is 0 Å². The molecule has 2 aliphatic rings. The molecule has 324 valence electrons. The predicted molar refractivity (Wildman–Crippen MR) is 229 cm³/mol. The molecule has 2 fully saturated rings. The maximum absolute atomic E-state index is 14.4. The zero-order valence-corrected chi connectivity index (χ0v) is 36.1. The third kappa shape index (κ3) is 16.0. The fourth-order valence-corrected chi connectivity index (χ4v) is 8.26. The Hall–Kier alpha value is -3.43. The average molecular weight is 827 g/mol. The summed E-state index contributed by atoms with van der Waals surface area (Å²) in [4.78, 5) is 48.0. The fraction of sp³-hybridized carbons (Fsp3) is 0.705. The summed E-state index contributed by atoms with van der Waals surface area (Å²) in [5.41, 5.74) is 0.951. The Kier molecular flexibility index (Phi) is 21.1. The minimum absolute atomic E-state index is 0.0230. The molecule has 58 heavy (non-hydrogen) atoms. The molecule has 5 atom stereocenters. The van der Waals surface area contributed by atoms with E-state index in [1.807, 2.05) is 49.1 Å². The molecule has 0 bridgehead atoms. The molecule has 0 radical (unpaired) electrons. The number of nitrogens with zero attached hydrogens (tertiary/aromatic N) is 3. The zero-order chi connectivity index (χ0) is 41.7. The lowest BCUT2D eigenvalue weighted by Crippen LogP contribution is -2.52. The summed E-state index contributed by atoms with van der Waals surface area (Å²) in [6.45, 7) is 8.38. The van der Waals surface area contributed by atoms with Gasteiger partial charge in [0.15, 0.2) is 5.11 Å². The van der Waals surface area contributed by atoms with Crippen LogP contribution in [-0.2, 0) is 35.0 Å². The van der Waals surface area contributed by atoms with Crippen LogP contribution in [0.2, 0.25) is 0 Å². The number of thiocarbonyl (C=S) groups is 1. The van der Waals surface area contributed by atoms with Crippen molar-refractivity contribution in [3.8, 4) is 0 Å². The van der Waals surface area contributed by atoms with E-state index in [0.29, 0.717) is 75.7 Å². The van der Waals surface area contributed by atoms with Crippen LogP contribution in [0, 0.1) is 17.8 Å². The van der Waals surface area contributed by atoms with Crippen molar-refractivity contribution in [2.75, 3.05) is 40.1 Å². The number of carbonyl (C=O) groups excluding carboxylic acids is 3. The van der Waals surface area contributed by atoms with Gasteiger partial charge < -0.3 is 40.2 Å². The highest BCUT2D eigenvalue weighted by atomic mass is 32.1. The van der Waals surface area contributed by atoms with Crippen LogP contribution in [0.3, 0.4) is 0 Å². The van der Waals surface area contributed by atoms with Crippen LogP contribution < -0.4 is 16.0 Å². The molecule has 1 saturated carbocycles. The number of aliphatic hydroxyl groups excluding tert-OH is 1. The summed E-state index contributed by atoms with van der Waals surface area (Å²) in [6, 6.07) is 9.20. The first-order chi connectivity index (χ1) is 28.1. The van der Waals surface area contributed by atoms with Crippen molar-refractivity contribution >= 4 is 35.1 Å². The van der Waals surface area contributed by atoms with Crippen LogP contribution in [0.1, 0.15) is 110 Å². The fourth-order valence-electron chi connectivity index (χ4n) is 8.05. The molecule has 3 amide bonds. The van der Waals surface area contributed by atoms with Crippen LogP contribution in [0.4, 0.5) is 0 Å². The molecular formula is C44H70N6O7S. The maximum Gasteiger partial charge on any atom is 0.252 e. The van der Waals surface area contributed by atoms with E-state index in [4.69, 9.17) is 26.4 Å². The zero-order valence-electron chi connectivity index (χ0n) is 35.3. The number of piperidine rings is 1. The Bertz CT molecular complexity index is 1480. The molecular weight excluding hydrogens is 757 g/mol. The van der Waals surface area contributed by atoms with Crippen molar-refractivity contribution < 1.29 is 33.7 Å². The van der Waals surface area contributed by atoms with Gasteiger partial charge in [-0.2, -0.15) is 0 Å². The number of likely N-dealkylation sites (tertiary alicyclic amines) is 1. The largest absolute Gasteiger partial charge is 0.391 e. The highest BCUT2D eigenvalue weighted by Gasteiger charge is 2.36. The van der Waals surface area contributed by atoms with Crippen molar-refractivity contribution in [2.24, 2.45) is 17.8 Å². The minimum atomic E-state index is -0.951. The Labute approximate surface area is 351 Å². The van der Waals surface area contributed by atoms with E-state index in [0.717, 1.165) is 44.1 Å². The van der Waals surface area contributed by atoms with Gasteiger partial charge in [0.05, 0.1) is 18.2 Å². The molecule has 1 aliphatic heterocycles. The van der Waals surface area contributed by atoms with Crippen molar-refractivity contribution in [1.82, 2.24) is 30.4 Å². The molecule has 0 spiro atoms. The minimum Gasteiger partial charge on any atom is -0.391 e. The van der Waals surface area contributed by atoms with E-state index in [1.54, 1.807) is 30.4 Å². The van der Waals surface area contributed by atoms with E-state index in [1.165, 1.54) is 6.42 Å². The van der Waals surface area contributed by atoms with Crippen molar-refractivity contribution in [3.63, 3.8) is 0 Å². The molecule has 4 N–H and O–H groups in total. The van der Waals surface area contributed by atoms with E-state index in [2.05, 4.69) is 27.9 Å². The number of hydrogen-bond donors (Lipinski definition) is 4. The number of aromatic nitrogens is 2. The first-order valence-corrected chi connectivity index (χ1v) is 22.1. The van der Waals surface area contributed by atoms with Crippen LogP contribution >= 0.6 is 12.2 Å². The van der Waals surface area contributed by atoms with Crippen LogP contribution in [-0.4, -0.2) is 113 Å². The highest BCUT2D eigenvalue weighted by molar-refractivity contribution is 7.80. The first kappa shape index (κ1) is 47.3. The smallest absolute Gasteiger partial charge is 0.252 e. The summed E-state index contributed by atoms with van der Waals surface area (Å²) in [7, 11) is 1.60. The first-order valence-electron chi connectivity index (χ1n) is 21.7. The molecule has 13 nitrogen and oxygen atoms in total. The molecule has 14 heteroatoms. The topological polar surface area (TPSA) is 156 Å². The number of ether oxygens (including phenoxy) is 3. The summed E-state index contributed by atoms with van der Waals surface area (Å²) in [5, 5.41) is 21.9. The van der Waals surface area contributed by atoms with Crippen LogP contribution in [0.15, 0.2) is 49.1 Å². The second kappa shape index (κ2) is 25.9. The Balaban J connectivity index is 1.44. The quantitative estimate of drug-likeness (QED) is 0.0616. The second-order valence-electron chi connectivity index (χ2n) is 16.4. The third-order valence-electron chi connectivity index (χ3n) is 11.6. The van der Waals surface area contributed by atoms with E-state index >= 15 is 0 Å². The van der Waals surface area contributed by atoms with Gasteiger partial charge in [0.1, 0.15) is 25.3 Å². The van der Waals surface area contributed by atoms with E-state index < -0.39 is 30.3 Å². The number of imidazole rings is 1. The van der Waals surface area contributed by atoms with Gasteiger partial charge in [-0.3, -0.25) is 19.0 Å². The van der Waals surface area contributed by atoms with Gasteiger partial charge in [0.2, 0.25) is 11.8 Å². The Morgan fingerprint density at radius 1 is 0.966 bits per heavy atom. The summed E-state index contributed by atoms with van der Waals surface area (Å²) in [5.74, 6) is -0.699. The van der Waals surface area contributed by atoms with Crippen LogP contribution in [0.25, 0.3) is 0 Å². The summed E-state index contributed by atoms with van der Waals surface area (Å²) >= 11 is 5.38. The van der Waals surface area contributed by atoms with Crippen molar-refractivity contribution in [3.05, 3.63) is 54.6 Å². The Morgan fingerprint density at radius 3 is 2.34 bits per heavy atom. The number of hydrogen-bond acceptors (Lipinski definition) is 9. The standard InChI is InChI=1S/C44H70N6O7S/c1-5-6-18-39(57-40(28-34-16-11-8-12-17-34)43(54)49-24-19-35(20-25-49)56-31-55-4)42(53)48-37(27-33-14-9-7-10-15-33)38(51)29-36(32(2)3)41(52)46-21-13-22-47-44(58)50-26-23-45-30-50/h8,11-12,16-17,23,26,30,32-33,35-40,51H,5-7,9-10,13-15,18-22,24-25,27-29,31H2,1-4H3,(H,46,52)(H,47,58)(H,48,53)/t36-,37-,38-,39-,40-/m0/s1. The number of benzene rings is 1. The number of rotatable bonds is 24. The second-order valence-corrected chi connectivity index (χ2v) is 16.8. The number of aliphatic hydroxyl groups is 1. The lowest BCUT2D eigenvalue weighted by atomic mass is 9.81. The molecule has 2 heterocycles. The highest BCUT2D eigenvalue weighted by Crippen LogP contribution is 2.30. The molecule has 4 rings (SSSR count). The van der Waals surface area contributed by atoms with Gasteiger partial charge in [0.25, 0.3) is 5.91 Å². The monoisotopic (exact) mass is 827 g/mol. The lowest BCUT2D eigenvalue weighted by molar-refractivity contribution is -0.157. The third-order valence-corrected chi connectivity index (χ3v) is 11.9. The maximum atomic E-state index is 14.4. The number of carbonyl (C=O) groups is 3. The molecule has 1 aromatic heterocycles. The van der Waals surface area contributed by atoms with E-state index in [9.17, 15) is 19.5 Å². The molecule has 2 aromatic rings. The van der Waals surface area contributed by atoms with Crippen molar-refractivity contribution in [1.29, 1.82) is 0 Å². The number of nitrogens with one attached hydrogen (secondary N) is 3. The number of amides is 3. The normalized spacial score (nSPS) is 17.9. The van der Waals surface area contributed by atoms with Gasteiger partial charge in [0, 0.05) is 58.0 Å². The number of unbranched alkanes of at least 4 members (excludes halogenated alkanes) is 1. The lowest BCUT2D eigenvalue weighted by Gasteiger charge is -2.36. The summed E-state index contributed by atoms with van der Waals surface area (Å²) in [6.07, 6.45) is 13.2. The van der Waals surface area contributed by atoms with Crippen molar-refractivity contribution in [2.45, 2.75) is 141 Å². The molecule has 1 saturated heterocycles. The Morgan fingerprint density at radius 2 is 1.69 bits per heavy atom. The van der Waals surface area contributed by atoms with Gasteiger partial charge in [-0.05, 0) is 68.1 Å². The summed E-state index contributed by atoms with van der Waals surface area (Å²) < 4.78 is 19.2. The average Bonchev–Trinajstić information content (AvgIpc) is 3.79. The molecule has 1 aliphatic carbocycles. The van der Waals surface area contributed by atoms with Gasteiger partial charge in [-0.1, -0.05) is 96.0 Å². The van der Waals surface area contributed by atoms with E-state index in [-0.39, 0.29) is 43.0 Å². The van der Waals surface area contributed by atoms with Gasteiger partial charge in [-0.15, -0.1) is 0 Å². The van der Waals surface area contributed by atoms with Gasteiger partial charge >= 0.3 is 0 Å². The SMILES string of the molecule is CCCC[C@H](O[C@@H](Cc1ccccc1)C(=O)N1CCC(OCOC)CC1)C(=O)N[C@@H](CC1CCCCC1)[C@@H](O)C[C@H](C(=O)NCCCNC(=S)n1ccnc1)C(C)C. The molecule has 1 aromatic carbocycles. The molecule has 0 unspecified atom stereocenters.